The van der Waals surface area contributed by atoms with Gasteiger partial charge >= 0.3 is 5.43 Å². The number of hydrogen-bond donors (Lipinski definition) is 0. The summed E-state index contributed by atoms with van der Waals surface area (Å²) in [5.41, 5.74) is 1.77. The van der Waals surface area contributed by atoms with Crippen molar-refractivity contribution in [2.24, 2.45) is 46.3 Å². The summed E-state index contributed by atoms with van der Waals surface area (Å²) in [6.45, 7) is 12.5. The van der Waals surface area contributed by atoms with Crippen molar-refractivity contribution in [3.8, 4) is 0 Å². The molecule has 0 aromatic rings. The molecule has 3 saturated carbocycles. The Hall–Kier alpha value is -0.500. The summed E-state index contributed by atoms with van der Waals surface area (Å²) >= 11 is 5.51. The topological polar surface area (TPSA) is 26.3 Å². The lowest BCUT2D eigenvalue weighted by Gasteiger charge is -2.58. The molecule has 4 rings (SSSR count). The zero-order valence-corrected chi connectivity index (χ0v) is 21.3. The van der Waals surface area contributed by atoms with Gasteiger partial charge in [-0.25, -0.2) is 4.79 Å². The maximum atomic E-state index is 11.2. The molecule has 0 N–H and O–H groups in total. The maximum absolute atomic E-state index is 11.2. The Labute approximate surface area is 195 Å². The van der Waals surface area contributed by atoms with Crippen molar-refractivity contribution in [3.05, 3.63) is 11.6 Å². The number of carbonyl (C=O) groups is 1. The van der Waals surface area contributed by atoms with Crippen LogP contribution in [0.15, 0.2) is 11.6 Å². The Morgan fingerprint density at radius 2 is 1.87 bits per heavy atom. The van der Waals surface area contributed by atoms with Crippen molar-refractivity contribution in [1.29, 1.82) is 0 Å². The van der Waals surface area contributed by atoms with Crippen LogP contribution in [0.25, 0.3) is 0 Å². The monoisotopic (exact) mass is 448 g/mol. The van der Waals surface area contributed by atoms with E-state index in [1.165, 1.54) is 51.4 Å². The number of carbonyl (C=O) groups excluding carboxylic acids is 1. The fourth-order valence-corrected chi connectivity index (χ4v) is 9.01. The molecule has 4 aliphatic carbocycles. The third-order valence-electron chi connectivity index (χ3n) is 10.5. The summed E-state index contributed by atoms with van der Waals surface area (Å²) in [6, 6.07) is 0. The van der Waals surface area contributed by atoms with Crippen LogP contribution in [0.2, 0.25) is 0 Å². The van der Waals surface area contributed by atoms with Gasteiger partial charge in [-0.1, -0.05) is 65.5 Å². The van der Waals surface area contributed by atoms with Crippen molar-refractivity contribution < 1.29 is 9.53 Å². The Morgan fingerprint density at radius 3 is 2.58 bits per heavy atom. The van der Waals surface area contributed by atoms with E-state index in [4.69, 9.17) is 16.3 Å². The molecule has 31 heavy (non-hydrogen) atoms. The van der Waals surface area contributed by atoms with Gasteiger partial charge in [0.2, 0.25) is 0 Å². The highest BCUT2D eigenvalue weighted by Crippen LogP contribution is 2.67. The van der Waals surface area contributed by atoms with Gasteiger partial charge in [0.15, 0.2) is 0 Å². The van der Waals surface area contributed by atoms with Crippen molar-refractivity contribution in [3.63, 3.8) is 0 Å². The molecular weight excluding hydrogens is 404 g/mol. The summed E-state index contributed by atoms with van der Waals surface area (Å²) in [5, 5.41) is 0. The molecule has 5 unspecified atom stereocenters. The first kappa shape index (κ1) is 23.7. The lowest BCUT2D eigenvalue weighted by atomic mass is 9.47. The van der Waals surface area contributed by atoms with Gasteiger partial charge in [0.1, 0.15) is 6.10 Å². The first-order chi connectivity index (χ1) is 14.6. The molecule has 0 spiro atoms. The molecule has 0 amide bonds. The lowest BCUT2D eigenvalue weighted by molar-refractivity contribution is -0.0573. The molecule has 0 heterocycles. The molecule has 0 radical (unpaired) electrons. The summed E-state index contributed by atoms with van der Waals surface area (Å²) in [4.78, 5) is 11.2. The van der Waals surface area contributed by atoms with E-state index in [-0.39, 0.29) is 6.10 Å². The Kier molecular flexibility index (Phi) is 6.89. The molecule has 3 fully saturated rings. The molecule has 0 aromatic carbocycles. The maximum Gasteiger partial charge on any atom is 0.404 e. The third-order valence-corrected chi connectivity index (χ3v) is 10.6. The van der Waals surface area contributed by atoms with E-state index in [0.717, 1.165) is 54.8 Å². The van der Waals surface area contributed by atoms with Gasteiger partial charge in [-0.15, -0.1) is 0 Å². The predicted octanol–water partition coefficient (Wildman–Crippen LogP) is 8.77. The van der Waals surface area contributed by atoms with Gasteiger partial charge in [-0.05, 0) is 91.3 Å². The minimum Gasteiger partial charge on any atom is -0.450 e. The normalized spacial score (nSPS) is 42.9. The van der Waals surface area contributed by atoms with Gasteiger partial charge in [0, 0.05) is 18.0 Å². The number of fused-ring (bicyclic) bond motifs is 5. The smallest absolute Gasteiger partial charge is 0.404 e. The van der Waals surface area contributed by atoms with E-state index in [1.807, 2.05) is 0 Å². The van der Waals surface area contributed by atoms with Crippen LogP contribution in [0, 0.1) is 46.3 Å². The van der Waals surface area contributed by atoms with Crippen LogP contribution in [-0.2, 0) is 4.74 Å². The highest BCUT2D eigenvalue weighted by atomic mass is 35.5. The van der Waals surface area contributed by atoms with Gasteiger partial charge in [-0.2, -0.15) is 0 Å². The largest absolute Gasteiger partial charge is 0.450 e. The van der Waals surface area contributed by atoms with E-state index in [1.54, 1.807) is 5.57 Å². The number of halogens is 1. The fourth-order valence-electron chi connectivity index (χ4n) is 8.88. The van der Waals surface area contributed by atoms with Gasteiger partial charge in [0.25, 0.3) is 0 Å². The first-order valence-corrected chi connectivity index (χ1v) is 13.6. The lowest BCUT2D eigenvalue weighted by Crippen LogP contribution is -2.51. The first-order valence-electron chi connectivity index (χ1n) is 13.2. The number of allylic oxidation sites excluding steroid dienone is 1. The molecule has 0 aliphatic heterocycles. The zero-order chi connectivity index (χ0) is 22.4. The summed E-state index contributed by atoms with van der Waals surface area (Å²) in [5.74, 6) is 5.19. The minimum absolute atomic E-state index is 0.0164. The quantitative estimate of drug-likeness (QED) is 0.299. The molecule has 0 aromatic heterocycles. The van der Waals surface area contributed by atoms with Gasteiger partial charge in [0.05, 0.1) is 0 Å². The van der Waals surface area contributed by atoms with Crippen molar-refractivity contribution >= 4 is 17.0 Å². The van der Waals surface area contributed by atoms with Gasteiger partial charge < -0.3 is 4.74 Å². The Balaban J connectivity index is 1.47. The number of hydrogen-bond acceptors (Lipinski definition) is 2. The zero-order valence-electron chi connectivity index (χ0n) is 20.6. The van der Waals surface area contributed by atoms with Crippen molar-refractivity contribution in [2.45, 2.75) is 111 Å². The second-order valence-corrected chi connectivity index (χ2v) is 12.8. The molecular formula is C28H45ClO2. The summed E-state index contributed by atoms with van der Waals surface area (Å²) < 4.78 is 5.38. The van der Waals surface area contributed by atoms with E-state index in [2.05, 4.69) is 40.7 Å². The van der Waals surface area contributed by atoms with Crippen LogP contribution in [-0.4, -0.2) is 11.5 Å². The average Bonchev–Trinajstić information content (AvgIpc) is 3.05. The highest BCUT2D eigenvalue weighted by molar-refractivity contribution is 6.61. The molecule has 176 valence electrons. The van der Waals surface area contributed by atoms with Crippen LogP contribution in [0.1, 0.15) is 105 Å². The number of ether oxygens (including phenoxy) is 1. The standard InChI is InChI=1S/C28H45ClO2/c1-18(2)7-6-8-19(3)23-11-12-24-22-10-9-20-17-21(31-26(29)30)13-15-27(20,4)25(22)14-16-28(23,24)5/h9,18-19,21-25H,6-8,10-17H2,1-5H3/t19?,21-,22?,23?,24?,25?,27-,28+/m1/s1. The van der Waals surface area contributed by atoms with Crippen LogP contribution >= 0.6 is 11.6 Å². The molecule has 3 heteroatoms. The van der Waals surface area contributed by atoms with E-state index >= 15 is 0 Å². The fraction of sp³-hybridized carbons (Fsp3) is 0.893. The molecule has 0 saturated heterocycles. The van der Waals surface area contributed by atoms with E-state index in [0.29, 0.717) is 10.8 Å². The minimum atomic E-state index is -0.643. The average molecular weight is 449 g/mol. The SMILES string of the molecule is CC(C)CCCC(C)C1CCC2C3CC=C4C[C@H](OC(=O)Cl)CC[C@@]4(C)C3CC[C@@]12C. The van der Waals surface area contributed by atoms with Crippen LogP contribution < -0.4 is 0 Å². The van der Waals surface area contributed by atoms with Crippen LogP contribution in [0.5, 0.6) is 0 Å². The predicted molar refractivity (Wildman–Crippen MR) is 129 cm³/mol. The van der Waals surface area contributed by atoms with Crippen molar-refractivity contribution in [2.75, 3.05) is 0 Å². The summed E-state index contributed by atoms with van der Waals surface area (Å²) in [7, 11) is 0. The second kappa shape index (κ2) is 9.03. The number of rotatable bonds is 6. The molecule has 8 atom stereocenters. The van der Waals surface area contributed by atoms with Crippen molar-refractivity contribution in [1.82, 2.24) is 0 Å². The third kappa shape index (κ3) is 4.36. The Morgan fingerprint density at radius 1 is 1.10 bits per heavy atom. The van der Waals surface area contributed by atoms with E-state index < -0.39 is 5.43 Å². The van der Waals surface area contributed by atoms with E-state index in [9.17, 15) is 4.79 Å². The van der Waals surface area contributed by atoms with Gasteiger partial charge in [-0.3, -0.25) is 0 Å². The molecule has 2 nitrogen and oxygen atoms in total. The molecule has 4 aliphatic rings. The highest BCUT2D eigenvalue weighted by Gasteiger charge is 2.59. The van der Waals surface area contributed by atoms with Crippen LogP contribution in [0.4, 0.5) is 4.79 Å². The summed E-state index contributed by atoms with van der Waals surface area (Å²) in [6.07, 6.45) is 16.7. The Bertz CT molecular complexity index is 699. The van der Waals surface area contributed by atoms with Crippen LogP contribution in [0.3, 0.4) is 0 Å². The molecule has 0 bridgehead atoms. The second-order valence-electron chi connectivity index (χ2n) is 12.5.